The van der Waals surface area contributed by atoms with Crippen molar-refractivity contribution in [2.75, 3.05) is 18.5 Å². The number of carbonyl (C=O) groups is 1. The fourth-order valence-electron chi connectivity index (χ4n) is 2.08. The average Bonchev–Trinajstić information content (AvgIpc) is 2.80. The van der Waals surface area contributed by atoms with Gasteiger partial charge in [0.15, 0.2) is 5.75 Å². The summed E-state index contributed by atoms with van der Waals surface area (Å²) in [6.07, 6.45) is -0.0828. The first kappa shape index (κ1) is 15.6. The van der Waals surface area contributed by atoms with E-state index < -0.39 is 12.1 Å². The minimum atomic E-state index is -0.483. The van der Waals surface area contributed by atoms with E-state index in [1.54, 1.807) is 12.1 Å². The van der Waals surface area contributed by atoms with E-state index in [1.165, 1.54) is 0 Å². The molecule has 1 heterocycles. The van der Waals surface area contributed by atoms with E-state index >= 15 is 0 Å². The van der Waals surface area contributed by atoms with Gasteiger partial charge in [0.05, 0.1) is 28.9 Å². The standard InChI is InChI=1S/C13H16BrClN2O3/c1-2-20-12-9(14)3-7(15)4-10(12)17-13(19)11-5-8(18)6-16-11/h3-4,8,11,16,18H,2,5-6H2,1H3,(H,17,19). The second-order valence-corrected chi connectivity index (χ2v) is 5.83. The van der Waals surface area contributed by atoms with Crippen LogP contribution in [0.4, 0.5) is 5.69 Å². The van der Waals surface area contributed by atoms with Crippen molar-refractivity contribution in [3.05, 3.63) is 21.6 Å². The number of nitrogens with one attached hydrogen (secondary N) is 2. The van der Waals surface area contributed by atoms with Crippen LogP contribution in [-0.4, -0.2) is 36.3 Å². The Kier molecular flexibility index (Phi) is 5.26. The molecule has 1 aromatic carbocycles. The van der Waals surface area contributed by atoms with E-state index in [0.29, 0.717) is 40.5 Å². The SMILES string of the molecule is CCOc1c(Br)cc(Cl)cc1NC(=O)C1CC(O)CN1. The number of ether oxygens (including phenoxy) is 1. The number of amides is 1. The topological polar surface area (TPSA) is 70.6 Å². The number of β-amino-alcohol motifs (C(OH)–C–C–N with tert-alkyl or cyclic N) is 1. The van der Waals surface area contributed by atoms with Crippen LogP contribution < -0.4 is 15.4 Å². The molecule has 5 nitrogen and oxygen atoms in total. The lowest BCUT2D eigenvalue weighted by atomic mass is 10.2. The van der Waals surface area contributed by atoms with E-state index in [0.717, 1.165) is 0 Å². The van der Waals surface area contributed by atoms with Crippen molar-refractivity contribution in [3.8, 4) is 5.75 Å². The third kappa shape index (κ3) is 3.63. The van der Waals surface area contributed by atoms with Crippen LogP contribution in [-0.2, 0) is 4.79 Å². The largest absolute Gasteiger partial charge is 0.491 e. The van der Waals surface area contributed by atoms with Crippen molar-refractivity contribution in [3.63, 3.8) is 0 Å². The van der Waals surface area contributed by atoms with Crippen LogP contribution in [0.3, 0.4) is 0 Å². The molecule has 20 heavy (non-hydrogen) atoms. The summed E-state index contributed by atoms with van der Waals surface area (Å²) in [5, 5.41) is 15.7. The first-order valence-corrected chi connectivity index (χ1v) is 7.52. The fourth-order valence-corrected chi connectivity index (χ4v) is 3.01. The number of aliphatic hydroxyl groups is 1. The minimum Gasteiger partial charge on any atom is -0.491 e. The monoisotopic (exact) mass is 362 g/mol. The van der Waals surface area contributed by atoms with Gasteiger partial charge in [-0.15, -0.1) is 0 Å². The quantitative estimate of drug-likeness (QED) is 0.767. The molecule has 0 spiro atoms. The van der Waals surface area contributed by atoms with Gasteiger partial charge in [-0.3, -0.25) is 4.79 Å². The van der Waals surface area contributed by atoms with Crippen molar-refractivity contribution >= 4 is 39.1 Å². The predicted molar refractivity (Wildman–Crippen MR) is 81.4 cm³/mol. The normalized spacial score (nSPS) is 21.8. The highest BCUT2D eigenvalue weighted by Gasteiger charge is 2.28. The number of hydrogen-bond acceptors (Lipinski definition) is 4. The molecule has 1 aliphatic heterocycles. The molecule has 1 fully saturated rings. The predicted octanol–water partition coefficient (Wildman–Crippen LogP) is 2.16. The zero-order valence-corrected chi connectivity index (χ0v) is 13.3. The van der Waals surface area contributed by atoms with Crippen molar-refractivity contribution in [2.45, 2.75) is 25.5 Å². The second kappa shape index (κ2) is 6.76. The molecule has 7 heteroatoms. The number of carbonyl (C=O) groups excluding carboxylic acids is 1. The van der Waals surface area contributed by atoms with Crippen LogP contribution in [0, 0.1) is 0 Å². The van der Waals surface area contributed by atoms with Crippen LogP contribution in [0.15, 0.2) is 16.6 Å². The first-order chi connectivity index (χ1) is 9.51. The van der Waals surface area contributed by atoms with Gasteiger partial charge in [0.25, 0.3) is 0 Å². The van der Waals surface area contributed by atoms with Gasteiger partial charge in [0.1, 0.15) is 0 Å². The summed E-state index contributed by atoms with van der Waals surface area (Å²) in [4.78, 5) is 12.1. The molecule has 3 N–H and O–H groups in total. The number of hydrogen-bond donors (Lipinski definition) is 3. The maximum Gasteiger partial charge on any atom is 0.241 e. The van der Waals surface area contributed by atoms with E-state index in [-0.39, 0.29) is 5.91 Å². The van der Waals surface area contributed by atoms with Gasteiger partial charge >= 0.3 is 0 Å². The summed E-state index contributed by atoms with van der Waals surface area (Å²) in [6, 6.07) is 2.94. The van der Waals surface area contributed by atoms with Crippen molar-refractivity contribution < 1.29 is 14.6 Å². The lowest BCUT2D eigenvalue weighted by molar-refractivity contribution is -0.117. The minimum absolute atomic E-state index is 0.211. The zero-order valence-electron chi connectivity index (χ0n) is 11.0. The summed E-state index contributed by atoms with van der Waals surface area (Å²) in [7, 11) is 0. The van der Waals surface area contributed by atoms with Crippen LogP contribution >= 0.6 is 27.5 Å². The molecule has 110 valence electrons. The number of rotatable bonds is 4. The van der Waals surface area contributed by atoms with E-state index in [9.17, 15) is 9.90 Å². The summed E-state index contributed by atoms with van der Waals surface area (Å²) in [6.45, 7) is 2.76. The lowest BCUT2D eigenvalue weighted by Gasteiger charge is -2.16. The fraction of sp³-hybridized carbons (Fsp3) is 0.462. The third-order valence-corrected chi connectivity index (χ3v) is 3.79. The van der Waals surface area contributed by atoms with Gasteiger partial charge in [-0.25, -0.2) is 0 Å². The van der Waals surface area contributed by atoms with Crippen molar-refractivity contribution in [2.24, 2.45) is 0 Å². The lowest BCUT2D eigenvalue weighted by Crippen LogP contribution is -2.35. The number of halogens is 2. The van der Waals surface area contributed by atoms with E-state index in [1.807, 2.05) is 6.92 Å². The van der Waals surface area contributed by atoms with Crippen LogP contribution in [0.25, 0.3) is 0 Å². The van der Waals surface area contributed by atoms with Gasteiger partial charge in [-0.2, -0.15) is 0 Å². The molecule has 2 rings (SSSR count). The molecule has 0 bridgehead atoms. The van der Waals surface area contributed by atoms with Gasteiger partial charge in [0, 0.05) is 11.6 Å². The second-order valence-electron chi connectivity index (χ2n) is 4.54. The maximum atomic E-state index is 12.1. The highest BCUT2D eigenvalue weighted by atomic mass is 79.9. The summed E-state index contributed by atoms with van der Waals surface area (Å²) < 4.78 is 6.20. The maximum absolute atomic E-state index is 12.1. The van der Waals surface area contributed by atoms with Gasteiger partial charge < -0.3 is 20.5 Å². The summed E-state index contributed by atoms with van der Waals surface area (Å²) >= 11 is 9.36. The van der Waals surface area contributed by atoms with Gasteiger partial charge in [-0.05, 0) is 41.4 Å². The zero-order chi connectivity index (χ0) is 14.7. The smallest absolute Gasteiger partial charge is 0.241 e. The van der Waals surface area contributed by atoms with Crippen molar-refractivity contribution in [1.29, 1.82) is 0 Å². The van der Waals surface area contributed by atoms with Gasteiger partial charge in [-0.1, -0.05) is 11.6 Å². The number of anilines is 1. The van der Waals surface area contributed by atoms with Crippen LogP contribution in [0.2, 0.25) is 5.02 Å². The Morgan fingerprint density at radius 1 is 1.65 bits per heavy atom. The number of benzene rings is 1. The molecule has 0 radical (unpaired) electrons. The molecule has 0 aliphatic carbocycles. The molecule has 0 aromatic heterocycles. The summed E-state index contributed by atoms with van der Waals surface area (Å²) in [5.74, 6) is 0.334. The highest BCUT2D eigenvalue weighted by molar-refractivity contribution is 9.10. The van der Waals surface area contributed by atoms with Crippen LogP contribution in [0.5, 0.6) is 5.75 Å². The molecule has 2 atom stereocenters. The first-order valence-electron chi connectivity index (χ1n) is 6.35. The van der Waals surface area contributed by atoms with Crippen molar-refractivity contribution in [1.82, 2.24) is 5.32 Å². The Labute approximate surface area is 130 Å². The van der Waals surface area contributed by atoms with Crippen LogP contribution in [0.1, 0.15) is 13.3 Å². The molecule has 0 saturated carbocycles. The molecule has 1 aliphatic rings. The molecular weight excluding hydrogens is 348 g/mol. The Bertz CT molecular complexity index is 513. The van der Waals surface area contributed by atoms with E-state index in [4.69, 9.17) is 16.3 Å². The molecule has 1 saturated heterocycles. The van der Waals surface area contributed by atoms with E-state index in [2.05, 4.69) is 26.6 Å². The average molecular weight is 364 g/mol. The third-order valence-electron chi connectivity index (χ3n) is 2.98. The summed E-state index contributed by atoms with van der Waals surface area (Å²) in [5.41, 5.74) is 0.513. The molecule has 1 aromatic rings. The Hall–Kier alpha value is -0.820. The highest BCUT2D eigenvalue weighted by Crippen LogP contribution is 2.36. The Balaban J connectivity index is 2.17. The Morgan fingerprint density at radius 3 is 3.00 bits per heavy atom. The molecular formula is C13H16BrClN2O3. The number of aliphatic hydroxyl groups excluding tert-OH is 1. The molecule has 1 amide bonds. The molecule has 2 unspecified atom stereocenters. The Morgan fingerprint density at radius 2 is 2.40 bits per heavy atom. The van der Waals surface area contributed by atoms with Gasteiger partial charge in [0.2, 0.25) is 5.91 Å².